The van der Waals surface area contributed by atoms with Crippen LogP contribution in [0, 0.1) is 11.3 Å². The van der Waals surface area contributed by atoms with E-state index in [1.165, 1.54) is 13.0 Å². The summed E-state index contributed by atoms with van der Waals surface area (Å²) in [5.41, 5.74) is -0.0176. The van der Waals surface area contributed by atoms with Crippen LogP contribution in [0.1, 0.15) is 37.3 Å². The number of Topliss-reactive ketones (excluding diaryl/α,β-unsaturated/α-hetero) is 1. The highest BCUT2D eigenvalue weighted by atomic mass is 35.5. The molecule has 0 radical (unpaired) electrons. The largest absolute Gasteiger partial charge is 0.420 e. The summed E-state index contributed by atoms with van der Waals surface area (Å²) in [6, 6.07) is 3.11. The quantitative estimate of drug-likeness (QED) is 0.790. The Bertz CT molecular complexity index is 859. The van der Waals surface area contributed by atoms with Gasteiger partial charge in [-0.2, -0.15) is 13.2 Å². The molecule has 2 unspecified atom stereocenters. The predicted octanol–water partition coefficient (Wildman–Crippen LogP) is 4.54. The van der Waals surface area contributed by atoms with Gasteiger partial charge < -0.3 is 5.32 Å². The lowest BCUT2D eigenvalue weighted by Gasteiger charge is -2.33. The van der Waals surface area contributed by atoms with Crippen molar-refractivity contribution in [1.82, 2.24) is 0 Å². The van der Waals surface area contributed by atoms with E-state index in [0.717, 1.165) is 0 Å². The molecule has 3 nitrogen and oxygen atoms in total. The molecule has 0 heterocycles. The molecule has 25 heavy (non-hydrogen) atoms. The highest BCUT2D eigenvalue weighted by molar-refractivity contribution is 6.34. The summed E-state index contributed by atoms with van der Waals surface area (Å²) < 4.78 is 41.0. The number of hydrogen-bond acceptors (Lipinski definition) is 2. The summed E-state index contributed by atoms with van der Waals surface area (Å²) in [5, 5.41) is 2.77. The van der Waals surface area contributed by atoms with E-state index in [1.54, 1.807) is 6.07 Å². The van der Waals surface area contributed by atoms with Gasteiger partial charge in [-0.1, -0.05) is 11.6 Å². The Hall–Kier alpha value is -1.82. The minimum atomic E-state index is -4.68. The molecule has 0 saturated heterocycles. The maximum atomic E-state index is 13.7. The molecule has 1 saturated carbocycles. The first-order chi connectivity index (χ1) is 11.6. The number of halogens is 4. The van der Waals surface area contributed by atoms with E-state index >= 15 is 0 Å². The molecule has 1 spiro atoms. The first-order valence-electron chi connectivity index (χ1n) is 8.09. The van der Waals surface area contributed by atoms with Crippen LogP contribution in [0.2, 0.25) is 5.02 Å². The van der Waals surface area contributed by atoms with Gasteiger partial charge in [0, 0.05) is 18.3 Å². The van der Waals surface area contributed by atoms with E-state index in [9.17, 15) is 22.8 Å². The molecule has 1 aromatic rings. The smallest absolute Gasteiger partial charge is 0.325 e. The van der Waals surface area contributed by atoms with Crippen molar-refractivity contribution in [2.45, 2.75) is 38.8 Å². The topological polar surface area (TPSA) is 46.2 Å². The maximum Gasteiger partial charge on any atom is 0.420 e. The highest BCUT2D eigenvalue weighted by Crippen LogP contribution is 2.64. The van der Waals surface area contributed by atoms with Crippen LogP contribution in [0.25, 0.3) is 5.57 Å². The summed E-state index contributed by atoms with van der Waals surface area (Å²) >= 11 is 6.18. The van der Waals surface area contributed by atoms with Crippen LogP contribution in [0.5, 0.6) is 0 Å². The van der Waals surface area contributed by atoms with Crippen LogP contribution in [0.15, 0.2) is 17.7 Å². The zero-order valence-corrected chi connectivity index (χ0v) is 14.1. The van der Waals surface area contributed by atoms with Crippen molar-refractivity contribution in [1.29, 1.82) is 0 Å². The van der Waals surface area contributed by atoms with Crippen molar-refractivity contribution < 1.29 is 22.8 Å². The normalized spacial score (nSPS) is 27.4. The Labute approximate surface area is 147 Å². The molecule has 7 heteroatoms. The fraction of sp³-hybridized carbons (Fsp3) is 0.444. The first-order valence-corrected chi connectivity index (χ1v) is 8.47. The third-order valence-electron chi connectivity index (χ3n) is 5.59. The van der Waals surface area contributed by atoms with E-state index in [-0.39, 0.29) is 16.5 Å². The van der Waals surface area contributed by atoms with Crippen LogP contribution in [-0.4, -0.2) is 17.9 Å². The van der Waals surface area contributed by atoms with Gasteiger partial charge in [0.25, 0.3) is 0 Å². The molecule has 0 aliphatic heterocycles. The molecule has 3 aliphatic rings. The van der Waals surface area contributed by atoms with E-state index in [4.69, 9.17) is 11.6 Å². The van der Waals surface area contributed by atoms with Gasteiger partial charge in [-0.15, -0.1) is 0 Å². The number of rotatable bonds is 1. The van der Waals surface area contributed by atoms with Gasteiger partial charge in [0.2, 0.25) is 5.91 Å². The van der Waals surface area contributed by atoms with E-state index < -0.39 is 28.9 Å². The van der Waals surface area contributed by atoms with Crippen molar-refractivity contribution in [3.05, 3.63) is 33.9 Å². The molecule has 1 fully saturated rings. The molecular formula is C18H15ClF3NO2. The monoisotopic (exact) mass is 369 g/mol. The van der Waals surface area contributed by atoms with Crippen molar-refractivity contribution in [3.8, 4) is 0 Å². The Kier molecular flexibility index (Phi) is 3.39. The molecule has 4 rings (SSSR count). The number of alkyl halides is 3. The third-order valence-corrected chi connectivity index (χ3v) is 5.90. The number of fused-ring (bicyclic) bond motifs is 3. The molecule has 2 bridgehead atoms. The summed E-state index contributed by atoms with van der Waals surface area (Å²) in [5.74, 6) is -1.63. The zero-order valence-electron chi connectivity index (χ0n) is 13.4. The minimum absolute atomic E-state index is 0.116. The zero-order chi connectivity index (χ0) is 18.1. The van der Waals surface area contributed by atoms with Gasteiger partial charge in [0.05, 0.1) is 10.7 Å². The predicted molar refractivity (Wildman–Crippen MR) is 87.2 cm³/mol. The SMILES string of the molecule is CC(=O)Nc1cc2c(cc1Cl)C1=C(C(F)(F)F)C(=O)C3CCC1(C2)C3. The lowest BCUT2D eigenvalue weighted by molar-refractivity contribution is -0.133. The summed E-state index contributed by atoms with van der Waals surface area (Å²) in [4.78, 5) is 23.7. The summed E-state index contributed by atoms with van der Waals surface area (Å²) in [7, 11) is 0. The molecule has 3 aliphatic carbocycles. The number of ketones is 1. The Morgan fingerprint density at radius 1 is 1.36 bits per heavy atom. The number of amides is 1. The van der Waals surface area contributed by atoms with Crippen LogP contribution >= 0.6 is 11.6 Å². The second-order valence-corrected chi connectivity index (χ2v) is 7.59. The second kappa shape index (κ2) is 5.10. The number of carbonyl (C=O) groups excluding carboxylic acids is 2. The lowest BCUT2D eigenvalue weighted by Crippen LogP contribution is -2.34. The van der Waals surface area contributed by atoms with E-state index in [0.29, 0.717) is 42.5 Å². The fourth-order valence-electron chi connectivity index (χ4n) is 4.77. The second-order valence-electron chi connectivity index (χ2n) is 7.18. The standard InChI is InChI=1S/C18H15ClF3NO2/c1-8(24)23-13-4-10-7-17-3-2-9(6-17)16(25)15(18(20,21)22)14(17)11(10)5-12(13)19/h4-5,9H,2-3,6-7H2,1H3,(H,23,24). The molecular weight excluding hydrogens is 355 g/mol. The van der Waals surface area contributed by atoms with E-state index in [1.807, 2.05) is 0 Å². The average molecular weight is 370 g/mol. The Balaban J connectivity index is 1.96. The molecule has 1 aromatic carbocycles. The Morgan fingerprint density at radius 2 is 2.08 bits per heavy atom. The lowest BCUT2D eigenvalue weighted by atomic mass is 9.71. The van der Waals surface area contributed by atoms with Crippen molar-refractivity contribution in [2.24, 2.45) is 11.3 Å². The van der Waals surface area contributed by atoms with E-state index in [2.05, 4.69) is 5.32 Å². The van der Waals surface area contributed by atoms with Crippen LogP contribution in [0.3, 0.4) is 0 Å². The third kappa shape index (κ3) is 2.34. The van der Waals surface area contributed by atoms with Crippen molar-refractivity contribution in [2.75, 3.05) is 5.32 Å². The molecule has 1 amide bonds. The molecule has 1 N–H and O–H groups in total. The summed E-state index contributed by atoms with van der Waals surface area (Å²) in [6.07, 6.45) is -2.71. The Morgan fingerprint density at radius 3 is 2.72 bits per heavy atom. The van der Waals surface area contributed by atoms with Gasteiger partial charge in [-0.3, -0.25) is 9.59 Å². The number of anilines is 1. The first kappa shape index (κ1) is 16.6. The van der Waals surface area contributed by atoms with Crippen LogP contribution in [0.4, 0.5) is 18.9 Å². The molecule has 2 atom stereocenters. The number of nitrogens with one attached hydrogen (secondary N) is 1. The number of benzene rings is 1. The number of hydrogen-bond donors (Lipinski definition) is 1. The highest BCUT2D eigenvalue weighted by Gasteiger charge is 2.59. The van der Waals surface area contributed by atoms with Crippen LogP contribution in [-0.2, 0) is 16.0 Å². The van der Waals surface area contributed by atoms with Gasteiger partial charge in [0.15, 0.2) is 5.78 Å². The average Bonchev–Trinajstić information content (AvgIpc) is 2.99. The molecule has 132 valence electrons. The minimum Gasteiger partial charge on any atom is -0.325 e. The van der Waals surface area contributed by atoms with Crippen molar-refractivity contribution in [3.63, 3.8) is 0 Å². The van der Waals surface area contributed by atoms with Gasteiger partial charge >= 0.3 is 6.18 Å². The fourth-order valence-corrected chi connectivity index (χ4v) is 4.98. The van der Waals surface area contributed by atoms with Crippen molar-refractivity contribution >= 4 is 34.6 Å². The number of carbonyl (C=O) groups is 2. The van der Waals surface area contributed by atoms with Gasteiger partial charge in [-0.25, -0.2) is 0 Å². The summed E-state index contributed by atoms with van der Waals surface area (Å²) in [6.45, 7) is 1.34. The van der Waals surface area contributed by atoms with Gasteiger partial charge in [0.1, 0.15) is 5.57 Å². The molecule has 0 aromatic heterocycles. The van der Waals surface area contributed by atoms with Crippen LogP contribution < -0.4 is 5.32 Å². The number of allylic oxidation sites excluding steroid dienone is 2. The van der Waals surface area contributed by atoms with Gasteiger partial charge in [-0.05, 0) is 54.5 Å². The maximum absolute atomic E-state index is 13.7.